The predicted octanol–water partition coefficient (Wildman–Crippen LogP) is 4.53. The van der Waals surface area contributed by atoms with Crippen LogP contribution in [0.2, 0.25) is 5.02 Å². The average molecular weight is 484 g/mol. The molecule has 4 N–H and O–H groups in total. The molecule has 3 aromatic rings. The molecule has 1 amide bonds. The summed E-state index contributed by atoms with van der Waals surface area (Å²) >= 11 is 6.49. The number of nitrogens with zero attached hydrogens (tertiary/aromatic N) is 1. The van der Waals surface area contributed by atoms with Gasteiger partial charge in [0.1, 0.15) is 23.6 Å². The van der Waals surface area contributed by atoms with E-state index in [1.165, 1.54) is 0 Å². The van der Waals surface area contributed by atoms with E-state index in [9.17, 15) is 9.90 Å². The van der Waals surface area contributed by atoms with Gasteiger partial charge in [0.25, 0.3) is 5.91 Å². The summed E-state index contributed by atoms with van der Waals surface area (Å²) < 4.78 is 5.90. The molecule has 0 aromatic heterocycles. The van der Waals surface area contributed by atoms with Crippen molar-refractivity contribution in [3.05, 3.63) is 87.9 Å². The highest BCUT2D eigenvalue weighted by Gasteiger charge is 2.29. The van der Waals surface area contributed by atoms with Crippen molar-refractivity contribution < 1.29 is 19.5 Å². The van der Waals surface area contributed by atoms with Crippen LogP contribution in [0.1, 0.15) is 22.3 Å². The van der Waals surface area contributed by atoms with Gasteiger partial charge in [0, 0.05) is 17.8 Å². The summed E-state index contributed by atoms with van der Waals surface area (Å²) in [6, 6.07) is 17.8. The summed E-state index contributed by atoms with van der Waals surface area (Å²) in [6.07, 6.45) is 0. The lowest BCUT2D eigenvalue weighted by molar-refractivity contribution is -0.127. The molecule has 33 heavy (non-hydrogen) atoms. The van der Waals surface area contributed by atoms with Crippen molar-refractivity contribution in [2.75, 3.05) is 5.73 Å². The van der Waals surface area contributed by atoms with Crippen LogP contribution in [0.25, 0.3) is 0 Å². The van der Waals surface area contributed by atoms with Gasteiger partial charge in [-0.1, -0.05) is 41.0 Å². The first-order valence-corrected chi connectivity index (χ1v) is 11.7. The quantitative estimate of drug-likeness (QED) is 0.338. The maximum Gasteiger partial charge on any atom is 0.268 e. The number of aryl methyl sites for hydroxylation is 1. The van der Waals surface area contributed by atoms with Crippen molar-refractivity contribution >= 4 is 37.2 Å². The third-order valence-corrected chi connectivity index (χ3v) is 6.59. The Hall–Kier alpha value is -3.28. The Morgan fingerprint density at radius 2 is 1.88 bits per heavy atom. The summed E-state index contributed by atoms with van der Waals surface area (Å²) in [5.41, 5.74) is 10.5. The zero-order chi connectivity index (χ0) is 23.4. The maximum absolute atomic E-state index is 12.5. The van der Waals surface area contributed by atoms with Crippen LogP contribution in [0.15, 0.2) is 65.8 Å². The number of ether oxygens (including phenoxy) is 1. The van der Waals surface area contributed by atoms with Crippen molar-refractivity contribution in [1.29, 1.82) is 0 Å². The summed E-state index contributed by atoms with van der Waals surface area (Å²) in [5, 5.41) is 16.8. The summed E-state index contributed by atoms with van der Waals surface area (Å²) in [6.45, 7) is 2.61. The van der Waals surface area contributed by atoms with Gasteiger partial charge in [-0.3, -0.25) is 4.79 Å². The standard InChI is InChI=1S/C24H23ClN3O4P/c1-14-10-17(11-20(25)21(14)31-13-16-4-8-19(29)9-5-16)23-28-32-24(33-23)22(30)27-12-15-2-6-18(26)7-3-15/h2-11,24,29,33H,12-13,26H2,1H3,(H,27,30). The first-order valence-electron chi connectivity index (χ1n) is 10.2. The van der Waals surface area contributed by atoms with Gasteiger partial charge < -0.3 is 25.7 Å². The van der Waals surface area contributed by atoms with Crippen LogP contribution in [0.5, 0.6) is 11.5 Å². The molecule has 2 unspecified atom stereocenters. The number of benzene rings is 3. The number of amides is 1. The summed E-state index contributed by atoms with van der Waals surface area (Å²) in [4.78, 5) is 17.9. The topological polar surface area (TPSA) is 106 Å². The minimum absolute atomic E-state index is 0.0534. The lowest BCUT2D eigenvalue weighted by Gasteiger charge is -2.13. The number of hydrogen-bond acceptors (Lipinski definition) is 6. The second-order valence-electron chi connectivity index (χ2n) is 7.59. The van der Waals surface area contributed by atoms with E-state index in [2.05, 4.69) is 10.5 Å². The Labute approximate surface area is 198 Å². The van der Waals surface area contributed by atoms with Crippen LogP contribution >= 0.6 is 20.2 Å². The smallest absolute Gasteiger partial charge is 0.268 e. The number of nitrogen functional groups attached to an aromatic ring is 1. The molecule has 9 heteroatoms. The van der Waals surface area contributed by atoms with E-state index in [1.54, 1.807) is 42.5 Å². The van der Waals surface area contributed by atoms with Crippen molar-refractivity contribution in [1.82, 2.24) is 5.32 Å². The third-order valence-electron chi connectivity index (χ3n) is 5.02. The largest absolute Gasteiger partial charge is 0.508 e. The van der Waals surface area contributed by atoms with Crippen molar-refractivity contribution in [2.24, 2.45) is 5.16 Å². The molecule has 0 bridgehead atoms. The van der Waals surface area contributed by atoms with E-state index in [0.29, 0.717) is 35.1 Å². The molecule has 4 rings (SSSR count). The molecule has 0 spiro atoms. The Balaban J connectivity index is 1.35. The molecule has 7 nitrogen and oxygen atoms in total. The maximum atomic E-state index is 12.5. The average Bonchev–Trinajstić information content (AvgIpc) is 3.29. The lowest BCUT2D eigenvalue weighted by Crippen LogP contribution is -2.31. The molecule has 1 aliphatic heterocycles. The number of anilines is 1. The molecular formula is C24H23ClN3O4P. The normalized spacial score (nSPS) is 15.7. The van der Waals surface area contributed by atoms with E-state index in [4.69, 9.17) is 26.9 Å². The second-order valence-corrected chi connectivity index (χ2v) is 9.28. The fraction of sp³-hybridized carbons (Fsp3) is 0.167. The molecule has 3 aromatic carbocycles. The fourth-order valence-electron chi connectivity index (χ4n) is 3.25. The highest BCUT2D eigenvalue weighted by molar-refractivity contribution is 7.61. The van der Waals surface area contributed by atoms with Crippen LogP contribution < -0.4 is 15.8 Å². The van der Waals surface area contributed by atoms with Crippen molar-refractivity contribution in [3.8, 4) is 11.5 Å². The van der Waals surface area contributed by atoms with Crippen molar-refractivity contribution in [3.63, 3.8) is 0 Å². The molecule has 2 atom stereocenters. The van der Waals surface area contributed by atoms with Gasteiger partial charge in [-0.05, 0) is 68.6 Å². The van der Waals surface area contributed by atoms with E-state index in [1.807, 2.05) is 25.1 Å². The van der Waals surface area contributed by atoms with E-state index < -0.39 is 5.85 Å². The van der Waals surface area contributed by atoms with Gasteiger partial charge in [0.15, 0.2) is 0 Å². The van der Waals surface area contributed by atoms with Gasteiger partial charge in [-0.2, -0.15) is 0 Å². The molecule has 0 fully saturated rings. The second kappa shape index (κ2) is 10.1. The Morgan fingerprint density at radius 3 is 2.58 bits per heavy atom. The van der Waals surface area contributed by atoms with Crippen LogP contribution in [0.3, 0.4) is 0 Å². The number of phenols is 1. The number of nitrogens with two attached hydrogens (primary N) is 1. The van der Waals surface area contributed by atoms with Gasteiger partial charge in [0.05, 0.1) is 5.02 Å². The Morgan fingerprint density at radius 1 is 1.18 bits per heavy atom. The first kappa shape index (κ1) is 22.9. The fourth-order valence-corrected chi connectivity index (χ4v) is 4.57. The van der Waals surface area contributed by atoms with Crippen LogP contribution in [0.4, 0.5) is 5.69 Å². The molecule has 1 heterocycles. The lowest BCUT2D eigenvalue weighted by atomic mass is 10.1. The highest BCUT2D eigenvalue weighted by atomic mass is 35.5. The van der Waals surface area contributed by atoms with Gasteiger partial charge in [-0.25, -0.2) is 0 Å². The summed E-state index contributed by atoms with van der Waals surface area (Å²) in [5.74, 6) is -0.108. The number of halogens is 1. The molecule has 1 aliphatic rings. The number of rotatable bonds is 7. The van der Waals surface area contributed by atoms with Crippen LogP contribution in [0, 0.1) is 6.92 Å². The molecule has 0 aliphatic carbocycles. The molecular weight excluding hydrogens is 461 g/mol. The highest BCUT2D eigenvalue weighted by Crippen LogP contribution is 2.37. The first-order chi connectivity index (χ1) is 15.9. The molecule has 0 radical (unpaired) electrons. The third kappa shape index (κ3) is 5.75. The van der Waals surface area contributed by atoms with E-state index in [0.717, 1.165) is 22.3 Å². The zero-order valence-corrected chi connectivity index (χ0v) is 19.6. The number of carbonyl (C=O) groups excluding carboxylic acids is 1. The van der Waals surface area contributed by atoms with E-state index >= 15 is 0 Å². The van der Waals surface area contributed by atoms with Crippen molar-refractivity contribution in [2.45, 2.75) is 25.9 Å². The molecule has 170 valence electrons. The van der Waals surface area contributed by atoms with Crippen LogP contribution in [-0.4, -0.2) is 22.3 Å². The number of oxime groups is 1. The predicted molar refractivity (Wildman–Crippen MR) is 131 cm³/mol. The number of hydrogen-bond donors (Lipinski definition) is 3. The minimum Gasteiger partial charge on any atom is -0.508 e. The van der Waals surface area contributed by atoms with Gasteiger partial charge in [-0.15, -0.1) is 0 Å². The SMILES string of the molecule is Cc1cc(C2=NOC(C(=O)NCc3ccc(N)cc3)P2)cc(Cl)c1OCc1ccc(O)cc1. The monoisotopic (exact) mass is 483 g/mol. The van der Waals surface area contributed by atoms with E-state index in [-0.39, 0.29) is 20.2 Å². The Bertz CT molecular complexity index is 1160. The van der Waals surface area contributed by atoms with Gasteiger partial charge in [0.2, 0.25) is 5.85 Å². The number of aromatic hydroxyl groups is 1. The van der Waals surface area contributed by atoms with Gasteiger partial charge >= 0.3 is 0 Å². The number of nitrogens with one attached hydrogen (secondary N) is 1. The summed E-state index contributed by atoms with van der Waals surface area (Å²) in [7, 11) is 0.0534. The minimum atomic E-state index is -0.668. The molecule has 0 saturated heterocycles. The molecule has 0 saturated carbocycles. The number of phenolic OH excluding ortho intramolecular Hbond substituents is 1. The number of carbonyl (C=O) groups is 1. The van der Waals surface area contributed by atoms with Crippen LogP contribution in [-0.2, 0) is 22.8 Å². The zero-order valence-electron chi connectivity index (χ0n) is 17.8. The Kier molecular flexibility index (Phi) is 7.02.